The first-order chi connectivity index (χ1) is 12.7. The van der Waals surface area contributed by atoms with Crippen LogP contribution in [-0.2, 0) is 5.75 Å². The highest BCUT2D eigenvalue weighted by Gasteiger charge is 2.17. The molecule has 0 aliphatic carbocycles. The van der Waals surface area contributed by atoms with E-state index in [1.165, 1.54) is 23.9 Å². The average molecular weight is 368 g/mol. The fraction of sp³-hybridized carbons (Fsp3) is 0.118. The first kappa shape index (κ1) is 16.4. The Bertz CT molecular complexity index is 1020. The molecule has 0 aliphatic rings. The zero-order valence-corrected chi connectivity index (χ0v) is 14.5. The molecule has 3 heterocycles. The largest absolute Gasteiger partial charge is 0.425 e. The van der Waals surface area contributed by atoms with E-state index in [0.717, 1.165) is 11.3 Å². The van der Waals surface area contributed by atoms with Crippen LogP contribution in [0.5, 0.6) is 0 Å². The van der Waals surface area contributed by atoms with Gasteiger partial charge in [-0.15, -0.1) is 20.4 Å². The number of hydrogen-bond acceptors (Lipinski definition) is 7. The van der Waals surface area contributed by atoms with Gasteiger partial charge in [-0.25, -0.2) is 4.39 Å². The van der Waals surface area contributed by atoms with Gasteiger partial charge in [0.05, 0.1) is 5.75 Å². The molecule has 0 saturated heterocycles. The maximum atomic E-state index is 13.3. The molecule has 3 aromatic heterocycles. The first-order valence-electron chi connectivity index (χ1n) is 7.74. The summed E-state index contributed by atoms with van der Waals surface area (Å²) in [5, 5.41) is 17.0. The van der Waals surface area contributed by atoms with Gasteiger partial charge in [-0.1, -0.05) is 11.8 Å². The van der Waals surface area contributed by atoms with E-state index in [-0.39, 0.29) is 5.82 Å². The Balaban J connectivity index is 1.73. The lowest BCUT2D eigenvalue weighted by molar-refractivity contribution is 0.485. The number of pyridine rings is 1. The van der Waals surface area contributed by atoms with E-state index in [2.05, 4.69) is 25.4 Å². The van der Waals surface area contributed by atoms with Gasteiger partial charge in [0.15, 0.2) is 11.0 Å². The normalized spacial score (nSPS) is 11.0. The molecule has 0 unspecified atom stereocenters. The van der Waals surface area contributed by atoms with Crippen LogP contribution >= 0.6 is 11.8 Å². The van der Waals surface area contributed by atoms with Gasteiger partial charge in [-0.2, -0.15) is 0 Å². The van der Waals surface area contributed by atoms with Crippen molar-refractivity contribution >= 4 is 11.8 Å². The van der Waals surface area contributed by atoms with Crippen molar-refractivity contribution in [1.82, 2.24) is 29.9 Å². The number of rotatable bonds is 5. The van der Waals surface area contributed by atoms with Crippen LogP contribution in [0.15, 0.2) is 58.4 Å². The number of nitrogens with zero attached hydrogens (tertiary/aromatic N) is 6. The van der Waals surface area contributed by atoms with Crippen molar-refractivity contribution in [3.8, 4) is 17.1 Å². The van der Waals surface area contributed by atoms with E-state index >= 15 is 0 Å². The first-order valence-corrected chi connectivity index (χ1v) is 8.73. The van der Waals surface area contributed by atoms with Crippen LogP contribution in [0.25, 0.3) is 17.1 Å². The van der Waals surface area contributed by atoms with Crippen LogP contribution in [0.2, 0.25) is 0 Å². The molecule has 26 heavy (non-hydrogen) atoms. The van der Waals surface area contributed by atoms with Crippen molar-refractivity contribution in [2.45, 2.75) is 17.8 Å². The molecule has 4 aromatic rings. The Morgan fingerprint density at radius 1 is 1.00 bits per heavy atom. The number of thioether (sulfide) groups is 1. The SMILES string of the molecule is Cc1nnc(CSc2nnc(-c3ccncc3)n2-c2ccc(F)cc2)o1. The number of aryl methyl sites for hydroxylation is 1. The summed E-state index contributed by atoms with van der Waals surface area (Å²) in [4.78, 5) is 4.03. The Morgan fingerprint density at radius 2 is 1.77 bits per heavy atom. The Hall–Kier alpha value is -3.07. The maximum Gasteiger partial charge on any atom is 0.226 e. The van der Waals surface area contributed by atoms with Gasteiger partial charge >= 0.3 is 0 Å². The lowest BCUT2D eigenvalue weighted by atomic mass is 10.2. The van der Waals surface area contributed by atoms with E-state index in [1.807, 2.05) is 16.7 Å². The quantitative estimate of drug-likeness (QED) is 0.499. The second-order valence-electron chi connectivity index (χ2n) is 5.36. The van der Waals surface area contributed by atoms with Gasteiger partial charge in [0.2, 0.25) is 11.8 Å². The van der Waals surface area contributed by atoms with Gasteiger partial charge in [0, 0.05) is 30.6 Å². The van der Waals surface area contributed by atoms with Gasteiger partial charge < -0.3 is 4.42 Å². The van der Waals surface area contributed by atoms with E-state index in [0.29, 0.717) is 28.5 Å². The van der Waals surface area contributed by atoms with E-state index in [9.17, 15) is 4.39 Å². The van der Waals surface area contributed by atoms with Gasteiger partial charge in [0.1, 0.15) is 5.82 Å². The number of aromatic nitrogens is 6. The van der Waals surface area contributed by atoms with E-state index < -0.39 is 0 Å². The minimum atomic E-state index is -0.303. The van der Waals surface area contributed by atoms with Crippen molar-refractivity contribution < 1.29 is 8.81 Å². The highest BCUT2D eigenvalue weighted by atomic mass is 32.2. The van der Waals surface area contributed by atoms with Crippen LogP contribution < -0.4 is 0 Å². The van der Waals surface area contributed by atoms with Gasteiger partial charge in [-0.3, -0.25) is 9.55 Å². The van der Waals surface area contributed by atoms with Crippen molar-refractivity contribution in [3.05, 3.63) is 66.4 Å². The van der Waals surface area contributed by atoms with Crippen LogP contribution in [-0.4, -0.2) is 29.9 Å². The van der Waals surface area contributed by atoms with Crippen molar-refractivity contribution in [2.24, 2.45) is 0 Å². The molecule has 0 amide bonds. The third kappa shape index (κ3) is 3.33. The highest BCUT2D eigenvalue weighted by Crippen LogP contribution is 2.29. The molecule has 9 heteroatoms. The average Bonchev–Trinajstić information content (AvgIpc) is 3.27. The minimum absolute atomic E-state index is 0.303. The maximum absolute atomic E-state index is 13.3. The summed E-state index contributed by atoms with van der Waals surface area (Å²) < 4.78 is 20.6. The van der Waals surface area contributed by atoms with Gasteiger partial charge in [0.25, 0.3) is 0 Å². The zero-order chi connectivity index (χ0) is 17.9. The standard InChI is InChI=1S/C17H13FN6OS/c1-11-20-21-15(25-11)10-26-17-23-22-16(12-6-8-19-9-7-12)24(17)14-4-2-13(18)3-5-14/h2-9H,10H2,1H3. The predicted octanol–water partition coefficient (Wildman–Crippen LogP) is 3.45. The number of halogens is 1. The predicted molar refractivity (Wildman–Crippen MR) is 93.1 cm³/mol. The molecule has 0 aliphatic heterocycles. The molecule has 7 nitrogen and oxygen atoms in total. The molecular weight excluding hydrogens is 355 g/mol. The summed E-state index contributed by atoms with van der Waals surface area (Å²) >= 11 is 1.41. The molecule has 1 aromatic carbocycles. The topological polar surface area (TPSA) is 82.5 Å². The lowest BCUT2D eigenvalue weighted by Gasteiger charge is -2.09. The number of hydrogen-bond donors (Lipinski definition) is 0. The summed E-state index contributed by atoms with van der Waals surface area (Å²) in [6, 6.07) is 9.87. The minimum Gasteiger partial charge on any atom is -0.425 e. The smallest absolute Gasteiger partial charge is 0.226 e. The van der Waals surface area contributed by atoms with Crippen LogP contribution in [0.4, 0.5) is 4.39 Å². The van der Waals surface area contributed by atoms with Crippen molar-refractivity contribution in [3.63, 3.8) is 0 Å². The Kier molecular flexibility index (Phi) is 4.44. The lowest BCUT2D eigenvalue weighted by Crippen LogP contribution is -2.00. The number of benzene rings is 1. The summed E-state index contributed by atoms with van der Waals surface area (Å²) in [7, 11) is 0. The molecular formula is C17H13FN6OS. The van der Waals surface area contributed by atoms with Crippen molar-refractivity contribution in [1.29, 1.82) is 0 Å². The summed E-state index contributed by atoms with van der Waals surface area (Å²) in [5.41, 5.74) is 1.62. The zero-order valence-electron chi connectivity index (χ0n) is 13.7. The summed E-state index contributed by atoms with van der Waals surface area (Å²) in [6.07, 6.45) is 3.38. The molecule has 0 radical (unpaired) electrons. The fourth-order valence-corrected chi connectivity index (χ4v) is 3.19. The molecule has 130 valence electrons. The van der Waals surface area contributed by atoms with Crippen LogP contribution in [0, 0.1) is 12.7 Å². The summed E-state index contributed by atoms with van der Waals surface area (Å²) in [6.45, 7) is 1.74. The van der Waals surface area contributed by atoms with E-state index in [1.54, 1.807) is 31.5 Å². The molecule has 0 atom stereocenters. The Labute approximate surface area is 152 Å². The highest BCUT2D eigenvalue weighted by molar-refractivity contribution is 7.98. The fourth-order valence-electron chi connectivity index (χ4n) is 2.40. The van der Waals surface area contributed by atoms with Crippen molar-refractivity contribution in [2.75, 3.05) is 0 Å². The van der Waals surface area contributed by atoms with Gasteiger partial charge in [-0.05, 0) is 36.4 Å². The van der Waals surface area contributed by atoms with E-state index in [4.69, 9.17) is 4.42 Å². The second kappa shape index (κ2) is 7.04. The molecule has 0 spiro atoms. The molecule has 0 N–H and O–H groups in total. The third-order valence-electron chi connectivity index (χ3n) is 3.55. The molecule has 0 bridgehead atoms. The Morgan fingerprint density at radius 3 is 2.46 bits per heavy atom. The third-order valence-corrected chi connectivity index (χ3v) is 4.46. The van der Waals surface area contributed by atoms with Crippen LogP contribution in [0.3, 0.4) is 0 Å². The summed E-state index contributed by atoms with van der Waals surface area (Å²) in [5.74, 6) is 1.81. The molecule has 4 rings (SSSR count). The molecule has 0 fully saturated rings. The second-order valence-corrected chi connectivity index (χ2v) is 6.30. The van der Waals surface area contributed by atoms with Crippen LogP contribution in [0.1, 0.15) is 11.8 Å². The molecule has 0 saturated carbocycles. The monoisotopic (exact) mass is 368 g/mol.